The molecular weight excluding hydrogens is 472 g/mol. The van der Waals surface area contributed by atoms with Crippen molar-refractivity contribution in [2.24, 2.45) is 0 Å². The first-order valence-electron chi connectivity index (χ1n) is 10.2. The van der Waals surface area contributed by atoms with Gasteiger partial charge in [0.05, 0.1) is 4.90 Å². The van der Waals surface area contributed by atoms with Crippen LogP contribution in [0.15, 0.2) is 51.8 Å². The molecule has 172 valence electrons. The van der Waals surface area contributed by atoms with Crippen LogP contribution < -0.4 is 14.8 Å². The van der Waals surface area contributed by atoms with Crippen LogP contribution in [0, 0.1) is 0 Å². The van der Waals surface area contributed by atoms with Gasteiger partial charge in [0, 0.05) is 23.2 Å². The minimum absolute atomic E-state index is 0.0364. The quantitative estimate of drug-likeness (QED) is 0.579. The molecule has 2 aromatic carbocycles. The number of nitrogens with zero attached hydrogens (tertiary/aromatic N) is 3. The van der Waals surface area contributed by atoms with Crippen LogP contribution in [0.5, 0.6) is 11.5 Å². The Balaban J connectivity index is 1.33. The van der Waals surface area contributed by atoms with Crippen LogP contribution in [0.25, 0.3) is 11.5 Å². The lowest BCUT2D eigenvalue weighted by molar-refractivity contribution is -0.119. The number of sulfonamides is 1. The van der Waals surface area contributed by atoms with Crippen molar-refractivity contribution >= 4 is 33.5 Å². The largest absolute Gasteiger partial charge is 0.486 e. The molecule has 3 heterocycles. The minimum atomic E-state index is -3.94. The molecule has 0 saturated carbocycles. The second kappa shape index (κ2) is 8.65. The van der Waals surface area contributed by atoms with Gasteiger partial charge in [-0.3, -0.25) is 10.1 Å². The summed E-state index contributed by atoms with van der Waals surface area (Å²) in [5.41, 5.74) is 0.635. The molecule has 5 rings (SSSR count). The highest BCUT2D eigenvalue weighted by molar-refractivity contribution is 7.89. The average molecular weight is 491 g/mol. The molecule has 2 aliphatic rings. The fourth-order valence-electron chi connectivity index (χ4n) is 3.78. The average Bonchev–Trinajstić information content (AvgIpc) is 3.50. The molecule has 0 aliphatic carbocycles. The fraction of sp³-hybridized carbons (Fsp3) is 0.286. The summed E-state index contributed by atoms with van der Waals surface area (Å²) in [4.78, 5) is 13.0. The van der Waals surface area contributed by atoms with E-state index in [0.29, 0.717) is 48.1 Å². The van der Waals surface area contributed by atoms with Crippen molar-refractivity contribution < 1.29 is 27.1 Å². The second-order valence-corrected chi connectivity index (χ2v) is 9.81. The van der Waals surface area contributed by atoms with Crippen LogP contribution in [0.1, 0.15) is 12.8 Å². The van der Waals surface area contributed by atoms with Gasteiger partial charge >= 0.3 is 6.01 Å². The predicted octanol–water partition coefficient (Wildman–Crippen LogP) is 2.95. The summed E-state index contributed by atoms with van der Waals surface area (Å²) in [6.07, 6.45) is 0.912. The van der Waals surface area contributed by atoms with Gasteiger partial charge in [0.15, 0.2) is 11.5 Å². The van der Waals surface area contributed by atoms with Crippen LogP contribution in [-0.4, -0.2) is 54.6 Å². The Bertz CT molecular complexity index is 1290. The summed E-state index contributed by atoms with van der Waals surface area (Å²) in [5, 5.41) is 10.9. The molecule has 0 radical (unpaired) electrons. The number of ether oxygens (including phenoxy) is 2. The van der Waals surface area contributed by atoms with Crippen LogP contribution in [0.4, 0.5) is 6.01 Å². The molecule has 1 N–H and O–H groups in total. The van der Waals surface area contributed by atoms with E-state index in [1.165, 1.54) is 16.4 Å². The number of fused-ring (bicyclic) bond motifs is 1. The summed E-state index contributed by atoms with van der Waals surface area (Å²) < 4.78 is 44.2. The Morgan fingerprint density at radius 2 is 1.82 bits per heavy atom. The molecule has 2 aliphatic heterocycles. The molecule has 1 saturated heterocycles. The molecule has 0 bridgehead atoms. The molecular formula is C21H19ClN4O6S. The molecule has 1 fully saturated rings. The predicted molar refractivity (Wildman–Crippen MR) is 118 cm³/mol. The highest BCUT2D eigenvalue weighted by atomic mass is 35.5. The normalized spacial score (nSPS) is 18.3. The summed E-state index contributed by atoms with van der Waals surface area (Å²) in [7, 11) is -3.94. The van der Waals surface area contributed by atoms with E-state index in [4.69, 9.17) is 25.5 Å². The van der Waals surface area contributed by atoms with Crippen molar-refractivity contribution in [3.63, 3.8) is 0 Å². The Kier molecular flexibility index (Phi) is 5.69. The highest BCUT2D eigenvalue weighted by Gasteiger charge is 2.40. The topological polar surface area (TPSA) is 124 Å². The van der Waals surface area contributed by atoms with E-state index in [1.807, 2.05) is 0 Å². The third kappa shape index (κ3) is 4.26. The summed E-state index contributed by atoms with van der Waals surface area (Å²) in [5.74, 6) is 0.515. The van der Waals surface area contributed by atoms with E-state index < -0.39 is 22.0 Å². The van der Waals surface area contributed by atoms with Crippen LogP contribution in [-0.2, 0) is 14.8 Å². The van der Waals surface area contributed by atoms with E-state index in [0.717, 1.165) is 0 Å². The van der Waals surface area contributed by atoms with Crippen molar-refractivity contribution in [3.05, 3.63) is 47.5 Å². The number of aromatic nitrogens is 2. The van der Waals surface area contributed by atoms with Crippen LogP contribution in [0.2, 0.25) is 5.02 Å². The molecule has 1 atom stereocenters. The lowest BCUT2D eigenvalue weighted by Gasteiger charge is -2.24. The minimum Gasteiger partial charge on any atom is -0.486 e. The number of rotatable bonds is 5. The van der Waals surface area contributed by atoms with Crippen molar-refractivity contribution in [2.45, 2.75) is 23.8 Å². The molecule has 12 heteroatoms. The van der Waals surface area contributed by atoms with Crippen LogP contribution in [0.3, 0.4) is 0 Å². The number of anilines is 1. The van der Waals surface area contributed by atoms with Gasteiger partial charge < -0.3 is 13.9 Å². The third-order valence-corrected chi connectivity index (χ3v) is 7.53. The molecule has 0 spiro atoms. The monoisotopic (exact) mass is 490 g/mol. The number of benzene rings is 2. The highest BCUT2D eigenvalue weighted by Crippen LogP contribution is 2.35. The first-order valence-corrected chi connectivity index (χ1v) is 12.1. The molecule has 33 heavy (non-hydrogen) atoms. The zero-order chi connectivity index (χ0) is 23.0. The molecule has 0 unspecified atom stereocenters. The number of carbonyl (C=O) groups excluding carboxylic acids is 1. The van der Waals surface area contributed by atoms with E-state index in [-0.39, 0.29) is 23.3 Å². The smallest absolute Gasteiger partial charge is 0.322 e. The number of halogens is 1. The van der Waals surface area contributed by atoms with Crippen molar-refractivity contribution in [1.82, 2.24) is 14.5 Å². The number of amides is 1. The SMILES string of the molecule is O=C(Nc1nnc(-c2ccc(Cl)cc2)o1)[C@H]1CCCN1S(=O)(=O)c1ccc2c(c1)OCCO2. The van der Waals surface area contributed by atoms with Crippen molar-refractivity contribution in [3.8, 4) is 23.0 Å². The van der Waals surface area contributed by atoms with E-state index in [1.54, 1.807) is 30.3 Å². The Labute approximate surface area is 194 Å². The lowest BCUT2D eigenvalue weighted by Crippen LogP contribution is -2.43. The Morgan fingerprint density at radius 3 is 2.61 bits per heavy atom. The second-order valence-electron chi connectivity index (χ2n) is 7.49. The maximum atomic E-state index is 13.3. The van der Waals surface area contributed by atoms with Gasteiger partial charge in [-0.1, -0.05) is 16.7 Å². The first kappa shape index (κ1) is 21.7. The fourth-order valence-corrected chi connectivity index (χ4v) is 5.58. The van der Waals surface area contributed by atoms with Crippen molar-refractivity contribution in [2.75, 3.05) is 25.1 Å². The molecule has 1 amide bonds. The van der Waals surface area contributed by atoms with Gasteiger partial charge in [0.25, 0.3) is 0 Å². The van der Waals surface area contributed by atoms with Crippen LogP contribution >= 0.6 is 11.6 Å². The molecule has 10 nitrogen and oxygen atoms in total. The van der Waals surface area contributed by atoms with Gasteiger partial charge in [0.2, 0.25) is 21.8 Å². The summed E-state index contributed by atoms with van der Waals surface area (Å²) in [6, 6.07) is 10.2. The zero-order valence-corrected chi connectivity index (χ0v) is 18.8. The molecule has 1 aromatic heterocycles. The van der Waals surface area contributed by atoms with Gasteiger partial charge in [-0.2, -0.15) is 4.31 Å². The third-order valence-electron chi connectivity index (χ3n) is 5.37. The maximum absolute atomic E-state index is 13.3. The molecule has 3 aromatic rings. The number of hydrogen-bond acceptors (Lipinski definition) is 8. The Morgan fingerprint density at radius 1 is 1.06 bits per heavy atom. The van der Waals surface area contributed by atoms with E-state index in [9.17, 15) is 13.2 Å². The van der Waals surface area contributed by atoms with Gasteiger partial charge in [-0.15, -0.1) is 5.10 Å². The standard InChI is InChI=1S/C21H19ClN4O6S/c22-14-5-3-13(4-6-14)20-24-25-21(32-20)23-19(27)16-2-1-9-26(16)33(28,29)15-7-8-17-18(12-15)31-11-10-30-17/h3-8,12,16H,1-2,9-11H2,(H,23,25,27)/t16-/m1/s1. The summed E-state index contributed by atoms with van der Waals surface area (Å²) in [6.45, 7) is 0.963. The summed E-state index contributed by atoms with van der Waals surface area (Å²) >= 11 is 5.88. The number of carbonyl (C=O) groups is 1. The van der Waals surface area contributed by atoms with Gasteiger partial charge in [-0.25, -0.2) is 8.42 Å². The van der Waals surface area contributed by atoms with E-state index in [2.05, 4.69) is 15.5 Å². The van der Waals surface area contributed by atoms with Gasteiger partial charge in [0.1, 0.15) is 19.3 Å². The zero-order valence-electron chi connectivity index (χ0n) is 17.2. The van der Waals surface area contributed by atoms with Crippen molar-refractivity contribution in [1.29, 1.82) is 0 Å². The first-order chi connectivity index (χ1) is 15.9. The lowest BCUT2D eigenvalue weighted by atomic mass is 10.2. The Hall–Kier alpha value is -3.15. The number of nitrogens with one attached hydrogen (secondary N) is 1. The number of hydrogen-bond donors (Lipinski definition) is 1. The maximum Gasteiger partial charge on any atom is 0.322 e. The van der Waals surface area contributed by atoms with E-state index >= 15 is 0 Å². The van der Waals surface area contributed by atoms with Gasteiger partial charge in [-0.05, 0) is 49.2 Å².